The van der Waals surface area contributed by atoms with Gasteiger partial charge in [0.25, 0.3) is 11.6 Å². The number of esters is 1. The minimum atomic E-state index is -3.88. The maximum absolute atomic E-state index is 14.0. The van der Waals surface area contributed by atoms with Crippen LogP contribution in [0.15, 0.2) is 48.5 Å². The van der Waals surface area contributed by atoms with Crippen molar-refractivity contribution in [2.75, 3.05) is 6.73 Å². The first-order valence-corrected chi connectivity index (χ1v) is 7.44. The van der Waals surface area contributed by atoms with E-state index >= 15 is 0 Å². The van der Waals surface area contributed by atoms with Crippen LogP contribution >= 0.6 is 11.6 Å². The van der Waals surface area contributed by atoms with Gasteiger partial charge in [0, 0.05) is 16.7 Å². The highest BCUT2D eigenvalue weighted by molar-refractivity contribution is 6.30. The Balaban J connectivity index is 1.99. The van der Waals surface area contributed by atoms with Crippen molar-refractivity contribution in [3.63, 3.8) is 0 Å². The summed E-state index contributed by atoms with van der Waals surface area (Å²) < 4.78 is 32.6. The molecule has 0 aromatic heterocycles. The molecule has 26 heavy (non-hydrogen) atoms. The number of nitrogens with zero attached hydrogens (tertiary/aromatic N) is 1. The topological polar surface area (TPSA) is 98.5 Å². The first-order chi connectivity index (χ1) is 12.2. The fraction of sp³-hybridized carbons (Fsp3) is 0.125. The molecule has 136 valence electrons. The third kappa shape index (κ3) is 4.31. The number of nitro groups is 1. The number of halogens is 3. The highest BCUT2D eigenvalue weighted by Gasteiger charge is 2.40. The molecule has 7 nitrogen and oxygen atoms in total. The molecule has 0 bridgehead atoms. The van der Waals surface area contributed by atoms with Crippen molar-refractivity contribution in [2.24, 2.45) is 0 Å². The van der Waals surface area contributed by atoms with Crippen molar-refractivity contribution < 1.29 is 28.0 Å². The molecular formula is C16H11ClF2N2O5. The molecule has 2 aromatic carbocycles. The number of rotatable bonds is 6. The standard InChI is InChI=1S/C16H11ClF2N2O5/c17-11-7-5-10(6-8-11)16(18,19)15(23)20-9-26-14(22)12-3-1-2-4-13(12)21(24)25/h1-8H,9H2,(H,20,23). The summed E-state index contributed by atoms with van der Waals surface area (Å²) in [6.45, 7) is -0.882. The summed E-state index contributed by atoms with van der Waals surface area (Å²) in [5.41, 5.74) is -1.46. The number of alkyl halides is 2. The zero-order valence-electron chi connectivity index (χ0n) is 12.9. The molecule has 0 aliphatic heterocycles. The molecule has 0 spiro atoms. The lowest BCUT2D eigenvalue weighted by atomic mass is 10.1. The van der Waals surface area contributed by atoms with Crippen LogP contribution in [0.1, 0.15) is 15.9 Å². The average molecular weight is 385 g/mol. The van der Waals surface area contributed by atoms with Crippen LogP contribution in [0.5, 0.6) is 0 Å². The molecule has 0 unspecified atom stereocenters. The summed E-state index contributed by atoms with van der Waals surface area (Å²) in [5, 5.41) is 12.8. The Labute approximate surface area is 150 Å². The average Bonchev–Trinajstić information content (AvgIpc) is 2.61. The van der Waals surface area contributed by atoms with E-state index in [1.807, 2.05) is 0 Å². The van der Waals surface area contributed by atoms with Crippen molar-refractivity contribution in [1.29, 1.82) is 0 Å². The minimum absolute atomic E-state index is 0.225. The molecule has 2 rings (SSSR count). The van der Waals surface area contributed by atoms with E-state index in [-0.39, 0.29) is 10.6 Å². The molecule has 10 heteroatoms. The number of carbonyl (C=O) groups excluding carboxylic acids is 2. The van der Waals surface area contributed by atoms with E-state index in [2.05, 4.69) is 4.74 Å². The van der Waals surface area contributed by atoms with Gasteiger partial charge in [0.2, 0.25) is 0 Å². The molecule has 0 aliphatic carbocycles. The van der Waals surface area contributed by atoms with Crippen molar-refractivity contribution in [3.05, 3.63) is 74.8 Å². The third-order valence-electron chi connectivity index (χ3n) is 3.25. The number of ether oxygens (including phenoxy) is 1. The van der Waals surface area contributed by atoms with E-state index < -0.39 is 40.7 Å². The Morgan fingerprint density at radius 2 is 1.77 bits per heavy atom. The molecule has 0 radical (unpaired) electrons. The van der Waals surface area contributed by atoms with Gasteiger partial charge >= 0.3 is 11.9 Å². The number of nitrogens with one attached hydrogen (secondary N) is 1. The molecule has 1 N–H and O–H groups in total. The maximum atomic E-state index is 14.0. The number of para-hydroxylation sites is 1. The Bertz CT molecular complexity index is 843. The summed E-state index contributed by atoms with van der Waals surface area (Å²) in [5.74, 6) is -6.71. The zero-order valence-corrected chi connectivity index (χ0v) is 13.7. The second-order valence-corrected chi connectivity index (χ2v) is 5.37. The minimum Gasteiger partial charge on any atom is -0.441 e. The van der Waals surface area contributed by atoms with Gasteiger partial charge in [0.15, 0.2) is 6.73 Å². The second kappa shape index (κ2) is 7.87. The predicted molar refractivity (Wildman–Crippen MR) is 86.9 cm³/mol. The van der Waals surface area contributed by atoms with E-state index in [4.69, 9.17) is 11.6 Å². The van der Waals surface area contributed by atoms with Gasteiger partial charge in [-0.2, -0.15) is 8.78 Å². The number of carbonyl (C=O) groups is 2. The van der Waals surface area contributed by atoms with Crippen molar-refractivity contribution in [1.82, 2.24) is 5.32 Å². The van der Waals surface area contributed by atoms with Crippen LogP contribution < -0.4 is 5.32 Å². The molecule has 0 saturated carbocycles. The van der Waals surface area contributed by atoms with Crippen molar-refractivity contribution in [2.45, 2.75) is 5.92 Å². The molecule has 0 atom stereocenters. The summed E-state index contributed by atoms with van der Waals surface area (Å²) in [6.07, 6.45) is 0. The molecule has 0 aliphatic rings. The van der Waals surface area contributed by atoms with Crippen LogP contribution in [0, 0.1) is 10.1 Å². The molecular weight excluding hydrogens is 374 g/mol. The first kappa shape index (κ1) is 19.3. The fourth-order valence-electron chi connectivity index (χ4n) is 1.95. The van der Waals surface area contributed by atoms with Gasteiger partial charge in [-0.3, -0.25) is 14.9 Å². The maximum Gasteiger partial charge on any atom is 0.349 e. The van der Waals surface area contributed by atoms with Gasteiger partial charge in [0.1, 0.15) is 5.56 Å². The Morgan fingerprint density at radius 1 is 1.15 bits per heavy atom. The lowest BCUT2D eigenvalue weighted by Crippen LogP contribution is -2.39. The summed E-state index contributed by atoms with van der Waals surface area (Å²) >= 11 is 5.60. The molecule has 1 amide bonds. The fourth-order valence-corrected chi connectivity index (χ4v) is 2.08. The normalized spacial score (nSPS) is 10.9. The molecule has 0 heterocycles. The van der Waals surface area contributed by atoms with E-state index in [0.717, 1.165) is 24.3 Å². The van der Waals surface area contributed by atoms with Gasteiger partial charge in [0.05, 0.1) is 4.92 Å². The van der Waals surface area contributed by atoms with E-state index in [1.54, 1.807) is 5.32 Å². The van der Waals surface area contributed by atoms with Crippen LogP contribution in [-0.2, 0) is 15.5 Å². The van der Waals surface area contributed by atoms with Gasteiger partial charge in [-0.1, -0.05) is 35.9 Å². The van der Waals surface area contributed by atoms with Crippen LogP contribution in [0.3, 0.4) is 0 Å². The number of hydrogen-bond donors (Lipinski definition) is 1. The Morgan fingerprint density at radius 3 is 2.38 bits per heavy atom. The molecule has 0 fully saturated rings. The van der Waals surface area contributed by atoms with Gasteiger partial charge in [-0.25, -0.2) is 4.79 Å². The quantitative estimate of drug-likeness (QED) is 0.356. The van der Waals surface area contributed by atoms with Crippen molar-refractivity contribution >= 4 is 29.2 Å². The number of nitro benzene ring substituents is 1. The highest BCUT2D eigenvalue weighted by Crippen LogP contribution is 2.29. The first-order valence-electron chi connectivity index (χ1n) is 7.06. The largest absolute Gasteiger partial charge is 0.441 e. The van der Waals surface area contributed by atoms with Gasteiger partial charge in [-0.15, -0.1) is 0 Å². The predicted octanol–water partition coefficient (Wildman–Crippen LogP) is 3.27. The Hall–Kier alpha value is -3.07. The number of hydrogen-bond acceptors (Lipinski definition) is 5. The highest BCUT2D eigenvalue weighted by atomic mass is 35.5. The molecule has 0 saturated heterocycles. The van der Waals surface area contributed by atoms with Crippen LogP contribution in [0.4, 0.5) is 14.5 Å². The van der Waals surface area contributed by atoms with Gasteiger partial charge in [-0.05, 0) is 18.2 Å². The lowest BCUT2D eigenvalue weighted by Gasteiger charge is -2.16. The molecule has 2 aromatic rings. The summed E-state index contributed by atoms with van der Waals surface area (Å²) in [6, 6.07) is 9.33. The van der Waals surface area contributed by atoms with Crippen molar-refractivity contribution in [3.8, 4) is 0 Å². The lowest BCUT2D eigenvalue weighted by molar-refractivity contribution is -0.385. The number of amides is 1. The smallest absolute Gasteiger partial charge is 0.349 e. The Kier molecular flexibility index (Phi) is 5.83. The van der Waals surface area contributed by atoms with E-state index in [9.17, 15) is 28.5 Å². The second-order valence-electron chi connectivity index (χ2n) is 4.94. The van der Waals surface area contributed by atoms with Gasteiger partial charge < -0.3 is 10.1 Å². The van der Waals surface area contributed by atoms with Crippen LogP contribution in [0.2, 0.25) is 5.02 Å². The summed E-state index contributed by atoms with van der Waals surface area (Å²) in [4.78, 5) is 33.5. The van der Waals surface area contributed by atoms with Crippen LogP contribution in [-0.4, -0.2) is 23.5 Å². The van der Waals surface area contributed by atoms with E-state index in [1.165, 1.54) is 24.3 Å². The monoisotopic (exact) mass is 384 g/mol. The number of benzene rings is 2. The SMILES string of the molecule is O=C(OCNC(=O)C(F)(F)c1ccc(Cl)cc1)c1ccccc1[N+](=O)[O-]. The van der Waals surface area contributed by atoms with E-state index in [0.29, 0.717) is 0 Å². The zero-order chi connectivity index (χ0) is 19.3. The van der Waals surface area contributed by atoms with Crippen LogP contribution in [0.25, 0.3) is 0 Å². The summed E-state index contributed by atoms with van der Waals surface area (Å²) in [7, 11) is 0. The third-order valence-corrected chi connectivity index (χ3v) is 3.50.